The van der Waals surface area contributed by atoms with Gasteiger partial charge in [0.2, 0.25) is 10.6 Å². The van der Waals surface area contributed by atoms with E-state index in [0.717, 1.165) is 4.79 Å². The zero-order chi connectivity index (χ0) is 21.5. The molecule has 0 unspecified atom stereocenters. The lowest BCUT2D eigenvalue weighted by molar-refractivity contribution is -0.113. The predicted molar refractivity (Wildman–Crippen MR) is 113 cm³/mol. The molecule has 10 heteroatoms. The second kappa shape index (κ2) is 9.28. The number of ketones is 1. The first kappa shape index (κ1) is 20.5. The molecular weight excluding hydrogens is 400 g/mol. The monoisotopic (exact) mass is 416 g/mol. The molecule has 0 aliphatic rings. The van der Waals surface area contributed by atoms with Crippen molar-refractivity contribution >= 4 is 29.7 Å². The van der Waals surface area contributed by atoms with Crippen molar-refractivity contribution in [3.05, 3.63) is 76.6 Å². The highest BCUT2D eigenvalue weighted by molar-refractivity contribution is 7.71. The number of aromatic amines is 1. The first-order valence-corrected chi connectivity index (χ1v) is 9.17. The molecule has 30 heavy (non-hydrogen) atoms. The number of hydrogen-bond acceptors (Lipinski definition) is 8. The summed E-state index contributed by atoms with van der Waals surface area (Å²) < 4.78 is 0.113. The molecule has 0 aliphatic heterocycles. The van der Waals surface area contributed by atoms with Gasteiger partial charge in [-0.05, 0) is 23.3 Å². The van der Waals surface area contributed by atoms with Crippen molar-refractivity contribution in [2.24, 2.45) is 5.10 Å². The minimum atomic E-state index is -1.13. The fraction of sp³-hybridized carbons (Fsp3) is 0.100. The largest absolute Gasteiger partial charge is 0.321 e. The highest BCUT2D eigenvalue weighted by atomic mass is 32.1. The van der Waals surface area contributed by atoms with Gasteiger partial charge in [-0.1, -0.05) is 60.7 Å². The van der Waals surface area contributed by atoms with Crippen LogP contribution < -0.4 is 11.3 Å². The lowest BCUT2D eigenvalue weighted by atomic mass is 9.86. The quantitative estimate of drug-likeness (QED) is 0.232. The van der Waals surface area contributed by atoms with Crippen molar-refractivity contribution in [2.75, 3.05) is 11.3 Å². The average molecular weight is 416 g/mol. The Morgan fingerprint density at radius 2 is 1.60 bits per heavy atom. The van der Waals surface area contributed by atoms with Gasteiger partial charge in [-0.25, -0.2) is 5.43 Å². The van der Waals surface area contributed by atoms with E-state index in [2.05, 4.69) is 26.7 Å². The number of nitrogens with one attached hydrogen (secondary N) is 2. The maximum atomic E-state index is 13.3. The first-order valence-electron chi connectivity index (χ1n) is 8.76. The van der Waals surface area contributed by atoms with E-state index in [-0.39, 0.29) is 16.4 Å². The molecule has 1 aromatic heterocycles. The van der Waals surface area contributed by atoms with E-state index < -0.39 is 17.6 Å². The van der Waals surface area contributed by atoms with Gasteiger partial charge in [0, 0.05) is 0 Å². The second-order valence-corrected chi connectivity index (χ2v) is 6.53. The summed E-state index contributed by atoms with van der Waals surface area (Å²) in [5.41, 5.74) is 3.48. The van der Waals surface area contributed by atoms with E-state index in [1.54, 1.807) is 60.7 Å². The molecule has 2 aromatic carbocycles. The summed E-state index contributed by atoms with van der Waals surface area (Å²) in [6.07, 6.45) is 0. The van der Waals surface area contributed by atoms with Crippen molar-refractivity contribution in [2.45, 2.75) is 11.8 Å². The molecule has 0 saturated carbocycles. The number of nitrogen functional groups attached to an aromatic ring is 1. The normalized spacial score (nSPS) is 12.9. The van der Waals surface area contributed by atoms with Crippen LogP contribution >= 0.6 is 12.2 Å². The topological polar surface area (TPSA) is 149 Å². The molecule has 3 rings (SSSR count). The Balaban J connectivity index is 2.06. The van der Waals surface area contributed by atoms with Gasteiger partial charge < -0.3 is 5.84 Å². The number of rotatable bonds is 7. The van der Waals surface area contributed by atoms with E-state index in [1.165, 1.54) is 0 Å². The molecule has 4 N–H and O–H groups in total. The molecule has 0 fully saturated rings. The number of nitriles is 2. The Morgan fingerprint density at radius 1 is 1.07 bits per heavy atom. The maximum absolute atomic E-state index is 13.3. The molecular formula is C20H16N8OS. The van der Waals surface area contributed by atoms with Crippen LogP contribution in [0.4, 0.5) is 5.95 Å². The number of benzene rings is 2. The number of carbonyl (C=O) groups is 1. The Kier molecular flexibility index (Phi) is 6.33. The lowest BCUT2D eigenvalue weighted by Crippen LogP contribution is -2.28. The highest BCUT2D eigenvalue weighted by Crippen LogP contribution is 2.24. The van der Waals surface area contributed by atoms with Gasteiger partial charge in [0.25, 0.3) is 5.95 Å². The fourth-order valence-electron chi connectivity index (χ4n) is 2.80. The Bertz CT molecular complexity index is 1200. The Morgan fingerprint density at radius 3 is 2.07 bits per heavy atom. The number of nitrogens with two attached hydrogens (primary N) is 1. The van der Waals surface area contributed by atoms with Gasteiger partial charge in [0.05, 0.1) is 12.1 Å². The zero-order valence-electron chi connectivity index (χ0n) is 15.6. The van der Waals surface area contributed by atoms with Crippen LogP contribution in [0.15, 0.2) is 65.8 Å². The Hall–Kier alpha value is -4.28. The molecule has 3 aromatic rings. The number of carbonyl (C=O) groups excluding carboxylic acids is 1. The van der Waals surface area contributed by atoms with Crippen LogP contribution in [-0.4, -0.2) is 26.4 Å². The number of hydrogen-bond donors (Lipinski definition) is 3. The molecule has 2 atom stereocenters. The van der Waals surface area contributed by atoms with Crippen LogP contribution in [0, 0.1) is 27.4 Å². The van der Waals surface area contributed by atoms with Crippen LogP contribution in [0.5, 0.6) is 0 Å². The van der Waals surface area contributed by atoms with Gasteiger partial charge >= 0.3 is 0 Å². The summed E-state index contributed by atoms with van der Waals surface area (Å²) in [5, 5.41) is 26.2. The minimum Gasteiger partial charge on any atom is -0.321 e. The van der Waals surface area contributed by atoms with E-state index in [4.69, 9.17) is 18.1 Å². The number of H-pyrrole nitrogens is 1. The van der Waals surface area contributed by atoms with Gasteiger partial charge in [0.15, 0.2) is 0 Å². The maximum Gasteiger partial charge on any atom is 0.261 e. The summed E-state index contributed by atoms with van der Waals surface area (Å²) in [4.78, 5) is 18.3. The third-order valence-corrected chi connectivity index (χ3v) is 4.42. The summed E-state index contributed by atoms with van der Waals surface area (Å²) in [6, 6.07) is 21.4. The van der Waals surface area contributed by atoms with E-state index in [1.807, 2.05) is 6.07 Å². The second-order valence-electron chi connectivity index (χ2n) is 6.14. The third kappa shape index (κ3) is 4.41. The summed E-state index contributed by atoms with van der Waals surface area (Å²) in [6.45, 7) is 0. The Labute approximate surface area is 177 Å². The number of nitrogens with zero attached hydrogens (tertiary/aromatic N) is 5. The molecule has 1 heterocycles. The van der Waals surface area contributed by atoms with Gasteiger partial charge in [0.1, 0.15) is 17.5 Å². The molecule has 148 valence electrons. The van der Waals surface area contributed by atoms with Crippen molar-refractivity contribution in [3.63, 3.8) is 0 Å². The van der Waals surface area contributed by atoms with Crippen LogP contribution in [-0.2, 0) is 4.79 Å². The van der Waals surface area contributed by atoms with Crippen molar-refractivity contribution < 1.29 is 4.79 Å². The van der Waals surface area contributed by atoms with E-state index in [9.17, 15) is 15.3 Å². The van der Waals surface area contributed by atoms with Gasteiger partial charge in [-0.15, -0.1) is 0 Å². The highest BCUT2D eigenvalue weighted by Gasteiger charge is 2.32. The summed E-state index contributed by atoms with van der Waals surface area (Å²) >= 11 is 4.91. The minimum absolute atomic E-state index is 0.0447. The van der Waals surface area contributed by atoms with Crippen LogP contribution in [0.3, 0.4) is 0 Å². The smallest absolute Gasteiger partial charge is 0.261 e. The summed E-state index contributed by atoms with van der Waals surface area (Å²) in [7, 11) is 0. The number of Topliss-reactive ketones (excluding diaryl/α,β-unsaturated/α-hetero) is 1. The van der Waals surface area contributed by atoms with Crippen LogP contribution in [0.25, 0.3) is 0 Å². The predicted octanol–water partition coefficient (Wildman–Crippen LogP) is 2.61. The number of hydrazone groups is 1. The number of anilines is 1. The zero-order valence-corrected chi connectivity index (χ0v) is 16.4. The van der Waals surface area contributed by atoms with Crippen molar-refractivity contribution in [1.82, 2.24) is 14.9 Å². The molecule has 0 bridgehead atoms. The van der Waals surface area contributed by atoms with Crippen LogP contribution in [0.2, 0.25) is 0 Å². The fourth-order valence-corrected chi connectivity index (χ4v) is 2.98. The molecule has 0 spiro atoms. The van der Waals surface area contributed by atoms with E-state index >= 15 is 0 Å². The van der Waals surface area contributed by atoms with Gasteiger partial charge in [-0.3, -0.25) is 9.89 Å². The van der Waals surface area contributed by atoms with Crippen molar-refractivity contribution in [3.8, 4) is 12.1 Å². The van der Waals surface area contributed by atoms with Crippen molar-refractivity contribution in [1.29, 1.82) is 10.5 Å². The first-order chi connectivity index (χ1) is 14.5. The SMILES string of the molecule is N#C[C@H](C(=O)/C(=N/Nc1nc(=S)[nH]n1N)[C@H](C#N)c1ccccc1)c1ccccc1. The average Bonchev–Trinajstić information content (AvgIpc) is 3.09. The molecule has 0 radical (unpaired) electrons. The third-order valence-electron chi connectivity index (χ3n) is 4.24. The molecule has 0 aliphatic carbocycles. The number of aromatic nitrogens is 3. The van der Waals surface area contributed by atoms with Crippen LogP contribution in [0.1, 0.15) is 23.0 Å². The molecule has 0 amide bonds. The molecule has 9 nitrogen and oxygen atoms in total. The standard InChI is InChI=1S/C20H16N8OS/c21-11-15(13-7-3-1-4-8-13)17(25-26-19-24-20(30)27-28(19)23)18(29)16(12-22)14-9-5-2-6-10-14/h1-10,15-16H,23H2,(H2,24,26,27,30)/b25-17+/t15-,16+/m1/s1. The van der Waals surface area contributed by atoms with E-state index in [0.29, 0.717) is 11.1 Å². The molecule has 0 saturated heterocycles. The van der Waals surface area contributed by atoms with Gasteiger partial charge in [-0.2, -0.15) is 25.4 Å². The lowest BCUT2D eigenvalue weighted by Gasteiger charge is -2.15. The summed E-state index contributed by atoms with van der Waals surface area (Å²) in [5.74, 6) is 2.99.